The lowest BCUT2D eigenvalue weighted by atomic mass is 10.0. The lowest BCUT2D eigenvalue weighted by molar-refractivity contribution is -0.167. The predicted octanol–water partition coefficient (Wildman–Crippen LogP) is 24.8. The zero-order chi connectivity index (χ0) is 59.2. The van der Waals surface area contributed by atoms with Crippen LogP contribution in [-0.2, 0) is 28.6 Å². The third kappa shape index (κ3) is 67.6. The Morgan fingerprint density at radius 2 is 0.500 bits per heavy atom. The molecule has 0 aromatic carbocycles. The van der Waals surface area contributed by atoms with Crippen molar-refractivity contribution in [3.05, 3.63) is 72.9 Å². The Hall–Kier alpha value is -3.15. The van der Waals surface area contributed by atoms with Crippen LogP contribution in [0.15, 0.2) is 72.9 Å². The van der Waals surface area contributed by atoms with Gasteiger partial charge in [-0.2, -0.15) is 0 Å². The third-order valence-electron chi connectivity index (χ3n) is 15.9. The lowest BCUT2D eigenvalue weighted by Crippen LogP contribution is -2.30. The molecule has 1 atom stereocenters. The van der Waals surface area contributed by atoms with Gasteiger partial charge in [0.1, 0.15) is 13.2 Å². The van der Waals surface area contributed by atoms with Gasteiger partial charge in [0.2, 0.25) is 0 Å². The maximum absolute atomic E-state index is 12.9. The van der Waals surface area contributed by atoms with Gasteiger partial charge in [0, 0.05) is 19.3 Å². The number of ether oxygens (including phenoxy) is 3. The molecule has 0 amide bonds. The molecule has 1 unspecified atom stereocenters. The molecule has 0 heterocycles. The number of allylic oxidation sites excluding steroid dienone is 12. The van der Waals surface area contributed by atoms with Gasteiger partial charge in [-0.3, -0.25) is 14.4 Å². The van der Waals surface area contributed by atoms with Crippen molar-refractivity contribution in [3.8, 4) is 0 Å². The molecule has 0 saturated heterocycles. The van der Waals surface area contributed by atoms with Gasteiger partial charge in [-0.25, -0.2) is 0 Å². The first-order valence-corrected chi connectivity index (χ1v) is 35.9. The summed E-state index contributed by atoms with van der Waals surface area (Å²) >= 11 is 0. The van der Waals surface area contributed by atoms with Crippen LogP contribution in [-0.4, -0.2) is 37.2 Å². The van der Waals surface area contributed by atoms with Crippen molar-refractivity contribution in [2.75, 3.05) is 13.2 Å². The Morgan fingerprint density at radius 3 is 0.805 bits per heavy atom. The maximum Gasteiger partial charge on any atom is 0.306 e. The summed E-state index contributed by atoms with van der Waals surface area (Å²) in [4.78, 5) is 38.4. The molecule has 0 saturated carbocycles. The zero-order valence-electron chi connectivity index (χ0n) is 54.8. The summed E-state index contributed by atoms with van der Waals surface area (Å²) in [6.07, 6.45) is 92.4. The molecule has 0 bridgehead atoms. The molecule has 476 valence electrons. The largest absolute Gasteiger partial charge is 0.462 e. The minimum absolute atomic E-state index is 0.0759. The van der Waals surface area contributed by atoms with Crippen LogP contribution >= 0.6 is 0 Å². The van der Waals surface area contributed by atoms with Crippen LogP contribution in [0.25, 0.3) is 0 Å². The van der Waals surface area contributed by atoms with Crippen molar-refractivity contribution >= 4 is 17.9 Å². The summed E-state index contributed by atoms with van der Waals surface area (Å²) in [5.74, 6) is -0.868. The van der Waals surface area contributed by atoms with Crippen LogP contribution < -0.4 is 0 Å². The Morgan fingerprint density at radius 1 is 0.256 bits per heavy atom. The van der Waals surface area contributed by atoms with Crippen LogP contribution in [0, 0.1) is 0 Å². The normalized spacial score (nSPS) is 12.5. The minimum Gasteiger partial charge on any atom is -0.462 e. The summed E-state index contributed by atoms with van der Waals surface area (Å²) in [6.45, 7) is 6.51. The molecule has 0 radical (unpaired) electrons. The van der Waals surface area contributed by atoms with E-state index in [9.17, 15) is 14.4 Å². The van der Waals surface area contributed by atoms with Crippen molar-refractivity contribution in [1.82, 2.24) is 0 Å². The van der Waals surface area contributed by atoms with E-state index in [4.69, 9.17) is 14.2 Å². The first-order valence-electron chi connectivity index (χ1n) is 35.9. The van der Waals surface area contributed by atoms with Crippen molar-refractivity contribution in [2.45, 2.75) is 380 Å². The number of esters is 3. The quantitative estimate of drug-likeness (QED) is 0.0261. The zero-order valence-corrected chi connectivity index (χ0v) is 54.8. The predicted molar refractivity (Wildman–Crippen MR) is 358 cm³/mol. The highest BCUT2D eigenvalue weighted by Crippen LogP contribution is 2.18. The fourth-order valence-electron chi connectivity index (χ4n) is 10.6. The molecular weight excluding hydrogens is 1010 g/mol. The SMILES string of the molecule is CC/C=C\C/C=C\C/C=C\C/C=C\C/C=C\CCCCCCCCCCCCCC(=O)OCC(COC(=O)CCCCCCC/C=C\CCC)OC(=O)CCCCCCCCCCCCCCCCCCCCCCCCCCCCC. The third-order valence-corrected chi connectivity index (χ3v) is 15.9. The van der Waals surface area contributed by atoms with E-state index >= 15 is 0 Å². The van der Waals surface area contributed by atoms with Gasteiger partial charge in [-0.05, 0) is 83.5 Å². The number of hydrogen-bond donors (Lipinski definition) is 0. The van der Waals surface area contributed by atoms with Gasteiger partial charge < -0.3 is 14.2 Å². The lowest BCUT2D eigenvalue weighted by Gasteiger charge is -2.18. The van der Waals surface area contributed by atoms with E-state index in [1.165, 1.54) is 231 Å². The second kappa shape index (κ2) is 70.3. The monoisotopic (exact) mass is 1150 g/mol. The van der Waals surface area contributed by atoms with Gasteiger partial charge in [0.15, 0.2) is 6.10 Å². The standard InChI is InChI=1S/C76H136O6/c1-4-7-10-13-16-19-22-24-26-28-30-32-34-36-38-40-42-44-46-48-50-52-54-57-60-63-66-69-75(78)81-72-73(71-80-74(77)68-65-62-59-56-21-18-15-12-9-6-3)82-76(79)70-67-64-61-58-55-53-51-49-47-45-43-41-39-37-35-33-31-29-27-25-23-20-17-14-11-8-5-2/h7,10,12,15-16,19,24,26,30,32,36,38,73H,4-6,8-9,11,13-14,17-18,20-23,25,27-29,31,33-35,37,39-72H2,1-3H3/b10-7-,15-12-,19-16-,26-24-,32-30-,38-36-. The van der Waals surface area contributed by atoms with Gasteiger partial charge in [0.25, 0.3) is 0 Å². The highest BCUT2D eigenvalue weighted by Gasteiger charge is 2.19. The summed E-state index contributed by atoms with van der Waals surface area (Å²) in [5.41, 5.74) is 0. The fraction of sp³-hybridized carbons (Fsp3) is 0.803. The fourth-order valence-corrected chi connectivity index (χ4v) is 10.6. The van der Waals surface area contributed by atoms with Gasteiger partial charge in [-0.1, -0.05) is 344 Å². The summed E-state index contributed by atoms with van der Waals surface area (Å²) < 4.78 is 17.0. The van der Waals surface area contributed by atoms with Crippen molar-refractivity contribution in [1.29, 1.82) is 0 Å². The second-order valence-corrected chi connectivity index (χ2v) is 24.1. The average Bonchev–Trinajstić information content (AvgIpc) is 3.48. The van der Waals surface area contributed by atoms with Crippen LogP contribution in [0.2, 0.25) is 0 Å². The molecule has 0 aliphatic heterocycles. The molecule has 82 heavy (non-hydrogen) atoms. The number of carbonyl (C=O) groups is 3. The number of unbranched alkanes of at least 4 members (excludes halogenated alkanes) is 43. The van der Waals surface area contributed by atoms with E-state index in [0.29, 0.717) is 19.3 Å². The van der Waals surface area contributed by atoms with Crippen LogP contribution in [0.4, 0.5) is 0 Å². The Bertz CT molecular complexity index is 1500. The van der Waals surface area contributed by atoms with Gasteiger partial charge in [-0.15, -0.1) is 0 Å². The molecule has 0 aromatic rings. The molecule has 6 heteroatoms. The van der Waals surface area contributed by atoms with E-state index < -0.39 is 6.10 Å². The van der Waals surface area contributed by atoms with E-state index in [-0.39, 0.29) is 31.1 Å². The smallest absolute Gasteiger partial charge is 0.306 e. The Kier molecular flexibility index (Phi) is 67.6. The Labute approximate surface area is 510 Å². The molecule has 0 N–H and O–H groups in total. The minimum atomic E-state index is -0.779. The average molecular weight is 1150 g/mol. The molecule has 0 aliphatic carbocycles. The highest BCUT2D eigenvalue weighted by molar-refractivity contribution is 5.71. The molecule has 0 fully saturated rings. The van der Waals surface area contributed by atoms with E-state index in [1.54, 1.807) is 0 Å². The first-order chi connectivity index (χ1) is 40.5. The topological polar surface area (TPSA) is 78.9 Å². The van der Waals surface area contributed by atoms with Crippen LogP contribution in [0.3, 0.4) is 0 Å². The van der Waals surface area contributed by atoms with Crippen LogP contribution in [0.5, 0.6) is 0 Å². The van der Waals surface area contributed by atoms with Crippen molar-refractivity contribution in [2.24, 2.45) is 0 Å². The van der Waals surface area contributed by atoms with Crippen LogP contribution in [0.1, 0.15) is 374 Å². The molecule has 0 rings (SSSR count). The van der Waals surface area contributed by atoms with E-state index in [1.807, 2.05) is 0 Å². The number of carbonyl (C=O) groups excluding carboxylic acids is 3. The molecule has 6 nitrogen and oxygen atoms in total. The number of hydrogen-bond acceptors (Lipinski definition) is 6. The van der Waals surface area contributed by atoms with E-state index in [2.05, 4.69) is 93.7 Å². The van der Waals surface area contributed by atoms with Gasteiger partial charge in [0.05, 0.1) is 0 Å². The molecule has 0 aliphatic rings. The maximum atomic E-state index is 12.9. The Balaban J connectivity index is 4.15. The first kappa shape index (κ1) is 78.8. The molecule has 0 spiro atoms. The van der Waals surface area contributed by atoms with E-state index in [0.717, 1.165) is 103 Å². The highest BCUT2D eigenvalue weighted by atomic mass is 16.6. The molecule has 0 aromatic heterocycles. The number of rotatable bonds is 66. The van der Waals surface area contributed by atoms with Crippen molar-refractivity contribution < 1.29 is 28.6 Å². The van der Waals surface area contributed by atoms with Crippen molar-refractivity contribution in [3.63, 3.8) is 0 Å². The summed E-state index contributed by atoms with van der Waals surface area (Å²) in [6, 6.07) is 0. The summed E-state index contributed by atoms with van der Waals surface area (Å²) in [7, 11) is 0. The summed E-state index contributed by atoms with van der Waals surface area (Å²) in [5, 5.41) is 0. The second-order valence-electron chi connectivity index (χ2n) is 24.1. The van der Waals surface area contributed by atoms with Gasteiger partial charge >= 0.3 is 17.9 Å². The molecular formula is C76H136O6.